The molecule has 0 bridgehead atoms. The van der Waals surface area contributed by atoms with E-state index in [0.717, 1.165) is 17.3 Å². The maximum atomic E-state index is 12.3. The first-order valence-electron chi connectivity index (χ1n) is 5.42. The smallest absolute Gasteiger partial charge is 0.244 e. The molecule has 6 heteroatoms. The Hall–Kier alpha value is -0.590. The van der Waals surface area contributed by atoms with Gasteiger partial charge in [0.15, 0.2) is 0 Å². The molecule has 0 atom stereocenters. The Balaban J connectivity index is 2.29. The highest BCUT2D eigenvalue weighted by atomic mass is 79.9. The lowest BCUT2D eigenvalue weighted by Gasteiger charge is -2.18. The molecule has 94 valence electrons. The van der Waals surface area contributed by atoms with Gasteiger partial charge in [-0.05, 0) is 37.0 Å². The Morgan fingerprint density at radius 2 is 2.12 bits per heavy atom. The van der Waals surface area contributed by atoms with E-state index in [2.05, 4.69) is 15.9 Å². The van der Waals surface area contributed by atoms with Crippen molar-refractivity contribution in [2.75, 3.05) is 19.3 Å². The number of nitrogens with two attached hydrogens (primary N) is 1. The second-order valence-corrected chi connectivity index (χ2v) is 7.34. The van der Waals surface area contributed by atoms with Crippen LogP contribution in [0.5, 0.6) is 0 Å². The Morgan fingerprint density at radius 3 is 2.65 bits per heavy atom. The van der Waals surface area contributed by atoms with Crippen LogP contribution < -0.4 is 5.73 Å². The first kappa shape index (κ1) is 12.9. The number of halogens is 1. The molecule has 1 saturated carbocycles. The van der Waals surface area contributed by atoms with Crippen LogP contribution in [-0.2, 0) is 10.0 Å². The van der Waals surface area contributed by atoms with E-state index in [9.17, 15) is 8.42 Å². The molecule has 1 fully saturated rings. The van der Waals surface area contributed by atoms with Gasteiger partial charge in [0.25, 0.3) is 0 Å². The van der Waals surface area contributed by atoms with Gasteiger partial charge in [-0.2, -0.15) is 0 Å². The summed E-state index contributed by atoms with van der Waals surface area (Å²) < 4.78 is 26.7. The minimum absolute atomic E-state index is 0.184. The molecule has 1 aliphatic rings. The number of anilines is 1. The van der Waals surface area contributed by atoms with Crippen molar-refractivity contribution in [3.8, 4) is 0 Å². The molecule has 0 saturated heterocycles. The van der Waals surface area contributed by atoms with Crippen molar-refractivity contribution in [3.05, 3.63) is 22.7 Å². The number of hydrogen-bond donors (Lipinski definition) is 1. The molecule has 0 unspecified atom stereocenters. The molecule has 0 amide bonds. The van der Waals surface area contributed by atoms with Gasteiger partial charge in [-0.25, -0.2) is 12.7 Å². The third-order valence-corrected chi connectivity index (χ3v) is 5.26. The van der Waals surface area contributed by atoms with E-state index >= 15 is 0 Å². The minimum Gasteiger partial charge on any atom is -0.398 e. The standard InChI is InChI=1S/C11H15BrN2O2S/c1-14(7-8-2-3-8)17(15,16)11-5-4-9(12)6-10(11)13/h4-6,8H,2-3,7,13H2,1H3. The van der Waals surface area contributed by atoms with Crippen molar-refractivity contribution in [2.45, 2.75) is 17.7 Å². The maximum absolute atomic E-state index is 12.3. The first-order chi connectivity index (χ1) is 7.91. The number of nitrogens with zero attached hydrogens (tertiary/aromatic N) is 1. The van der Waals surface area contributed by atoms with E-state index in [1.807, 2.05) is 0 Å². The van der Waals surface area contributed by atoms with Crippen molar-refractivity contribution in [3.63, 3.8) is 0 Å². The van der Waals surface area contributed by atoms with Crippen LogP contribution in [0.25, 0.3) is 0 Å². The van der Waals surface area contributed by atoms with Gasteiger partial charge in [-0.15, -0.1) is 0 Å². The van der Waals surface area contributed by atoms with E-state index in [1.165, 1.54) is 10.4 Å². The number of benzene rings is 1. The van der Waals surface area contributed by atoms with Gasteiger partial charge in [0.05, 0.1) is 5.69 Å². The maximum Gasteiger partial charge on any atom is 0.244 e. The summed E-state index contributed by atoms with van der Waals surface area (Å²) in [5, 5.41) is 0. The monoisotopic (exact) mass is 318 g/mol. The van der Waals surface area contributed by atoms with Crippen LogP contribution in [0.3, 0.4) is 0 Å². The number of sulfonamides is 1. The molecule has 0 heterocycles. The van der Waals surface area contributed by atoms with Crippen molar-refractivity contribution >= 4 is 31.6 Å². The van der Waals surface area contributed by atoms with Gasteiger partial charge in [-0.1, -0.05) is 15.9 Å². The summed E-state index contributed by atoms with van der Waals surface area (Å²) in [6.45, 7) is 0.581. The summed E-state index contributed by atoms with van der Waals surface area (Å²) in [5.41, 5.74) is 6.04. The van der Waals surface area contributed by atoms with Crippen molar-refractivity contribution in [1.82, 2.24) is 4.31 Å². The fourth-order valence-electron chi connectivity index (χ4n) is 1.68. The molecule has 4 nitrogen and oxygen atoms in total. The van der Waals surface area contributed by atoms with Gasteiger partial charge in [-0.3, -0.25) is 0 Å². The summed E-state index contributed by atoms with van der Waals surface area (Å²) in [5.74, 6) is 0.520. The molecule has 1 aromatic carbocycles. The zero-order chi connectivity index (χ0) is 12.6. The fourth-order valence-corrected chi connectivity index (χ4v) is 3.40. The molecule has 0 aromatic heterocycles. The molecule has 0 radical (unpaired) electrons. The number of rotatable bonds is 4. The third kappa shape index (κ3) is 2.81. The Kier molecular flexibility index (Phi) is 3.47. The largest absolute Gasteiger partial charge is 0.398 e. The molecular weight excluding hydrogens is 304 g/mol. The Bertz CT molecular complexity index is 526. The predicted octanol–water partition coefficient (Wildman–Crippen LogP) is 2.06. The van der Waals surface area contributed by atoms with E-state index in [4.69, 9.17) is 5.73 Å². The summed E-state index contributed by atoms with van der Waals surface area (Å²) >= 11 is 3.26. The van der Waals surface area contributed by atoms with Crippen LogP contribution >= 0.6 is 15.9 Å². The van der Waals surface area contributed by atoms with Crippen molar-refractivity contribution in [2.24, 2.45) is 5.92 Å². The zero-order valence-corrected chi connectivity index (χ0v) is 12.0. The average molecular weight is 319 g/mol. The Morgan fingerprint density at radius 1 is 1.47 bits per heavy atom. The lowest BCUT2D eigenvalue weighted by atomic mass is 10.3. The molecule has 17 heavy (non-hydrogen) atoms. The van der Waals surface area contributed by atoms with Crippen LogP contribution in [0, 0.1) is 5.92 Å². The number of hydrogen-bond acceptors (Lipinski definition) is 3. The molecule has 0 spiro atoms. The third-order valence-electron chi connectivity index (χ3n) is 2.87. The molecule has 1 aliphatic carbocycles. The van der Waals surface area contributed by atoms with E-state index in [0.29, 0.717) is 12.5 Å². The lowest BCUT2D eigenvalue weighted by Crippen LogP contribution is -2.29. The summed E-state index contributed by atoms with van der Waals surface area (Å²) in [7, 11) is -1.85. The SMILES string of the molecule is CN(CC1CC1)S(=O)(=O)c1ccc(Br)cc1N. The average Bonchev–Trinajstić information content (AvgIpc) is 3.00. The van der Waals surface area contributed by atoms with Crippen LogP contribution in [0.15, 0.2) is 27.6 Å². The Labute approximate surface area is 110 Å². The lowest BCUT2D eigenvalue weighted by molar-refractivity contribution is 0.453. The second-order valence-electron chi connectivity index (χ2n) is 4.41. The number of nitrogen functional groups attached to an aromatic ring is 1. The minimum atomic E-state index is -3.45. The van der Waals surface area contributed by atoms with Gasteiger partial charge >= 0.3 is 0 Å². The van der Waals surface area contributed by atoms with Gasteiger partial charge in [0.1, 0.15) is 4.90 Å². The van der Waals surface area contributed by atoms with Gasteiger partial charge in [0, 0.05) is 18.1 Å². The highest BCUT2D eigenvalue weighted by Crippen LogP contribution is 2.32. The topological polar surface area (TPSA) is 63.4 Å². The van der Waals surface area contributed by atoms with Gasteiger partial charge < -0.3 is 5.73 Å². The predicted molar refractivity (Wildman–Crippen MR) is 71.1 cm³/mol. The first-order valence-corrected chi connectivity index (χ1v) is 7.66. The summed E-state index contributed by atoms with van der Waals surface area (Å²) in [6.07, 6.45) is 2.24. The second kappa shape index (κ2) is 4.59. The zero-order valence-electron chi connectivity index (χ0n) is 9.56. The van der Waals surface area contributed by atoms with Crippen molar-refractivity contribution in [1.29, 1.82) is 0 Å². The highest BCUT2D eigenvalue weighted by Gasteiger charge is 2.30. The van der Waals surface area contributed by atoms with E-state index in [1.54, 1.807) is 19.2 Å². The van der Waals surface area contributed by atoms with E-state index < -0.39 is 10.0 Å². The fraction of sp³-hybridized carbons (Fsp3) is 0.455. The van der Waals surface area contributed by atoms with Crippen LogP contribution in [0.1, 0.15) is 12.8 Å². The van der Waals surface area contributed by atoms with Gasteiger partial charge in [0.2, 0.25) is 10.0 Å². The summed E-state index contributed by atoms with van der Waals surface area (Å²) in [6, 6.07) is 4.84. The van der Waals surface area contributed by atoms with Crippen LogP contribution in [-0.4, -0.2) is 26.3 Å². The molecular formula is C11H15BrN2O2S. The molecule has 2 N–H and O–H groups in total. The van der Waals surface area contributed by atoms with Crippen LogP contribution in [0.4, 0.5) is 5.69 Å². The highest BCUT2D eigenvalue weighted by molar-refractivity contribution is 9.10. The van der Waals surface area contributed by atoms with Crippen LogP contribution in [0.2, 0.25) is 0 Å². The summed E-state index contributed by atoms with van der Waals surface area (Å²) in [4.78, 5) is 0.184. The molecule has 2 rings (SSSR count). The van der Waals surface area contributed by atoms with Crippen molar-refractivity contribution < 1.29 is 8.42 Å². The molecule has 0 aliphatic heterocycles. The normalized spacial score (nSPS) is 16.4. The quantitative estimate of drug-likeness (QED) is 0.864. The molecule has 1 aromatic rings. The van der Waals surface area contributed by atoms with E-state index in [-0.39, 0.29) is 10.6 Å².